The van der Waals surface area contributed by atoms with E-state index in [0.29, 0.717) is 12.8 Å². The van der Waals surface area contributed by atoms with Crippen molar-refractivity contribution in [2.75, 3.05) is 0 Å². The fourth-order valence-corrected chi connectivity index (χ4v) is 5.34. The summed E-state index contributed by atoms with van der Waals surface area (Å²) >= 11 is 1.58. The highest BCUT2D eigenvalue weighted by molar-refractivity contribution is 7.18. The predicted molar refractivity (Wildman–Crippen MR) is 84.1 cm³/mol. The molecule has 1 aromatic carbocycles. The number of nitrogens with two attached hydrogens (primary N) is 1. The second kappa shape index (κ2) is 4.75. The number of aliphatic carboxylic acids is 2. The van der Waals surface area contributed by atoms with E-state index in [-0.39, 0.29) is 11.8 Å². The lowest BCUT2D eigenvalue weighted by atomic mass is 9.86. The summed E-state index contributed by atoms with van der Waals surface area (Å²) in [5.41, 5.74) is 5.55. The third kappa shape index (κ3) is 2.07. The average molecular weight is 332 g/mol. The molecule has 0 aliphatic heterocycles. The quantitative estimate of drug-likeness (QED) is 0.783. The Morgan fingerprint density at radius 1 is 1.35 bits per heavy atom. The molecule has 2 aliphatic rings. The molecule has 0 spiro atoms. The van der Waals surface area contributed by atoms with E-state index in [1.54, 1.807) is 11.3 Å². The number of para-hydroxylation sites is 1. The number of aromatic nitrogens is 1. The topological polar surface area (TPSA) is 114 Å². The molecule has 7 heteroatoms. The van der Waals surface area contributed by atoms with E-state index in [1.165, 1.54) is 0 Å². The number of thiazole rings is 1. The van der Waals surface area contributed by atoms with Crippen molar-refractivity contribution >= 4 is 33.5 Å². The van der Waals surface area contributed by atoms with Gasteiger partial charge in [0.25, 0.3) is 0 Å². The van der Waals surface area contributed by atoms with E-state index in [0.717, 1.165) is 15.2 Å². The van der Waals surface area contributed by atoms with Crippen LogP contribution in [-0.4, -0.2) is 32.7 Å². The Balaban J connectivity index is 1.62. The Morgan fingerprint density at radius 3 is 2.74 bits per heavy atom. The minimum Gasteiger partial charge on any atom is -0.481 e. The number of carboxylic acid groups (broad SMARTS) is 2. The van der Waals surface area contributed by atoms with Gasteiger partial charge < -0.3 is 15.9 Å². The van der Waals surface area contributed by atoms with Gasteiger partial charge in [0, 0.05) is 12.3 Å². The Hall–Kier alpha value is -1.99. The molecular weight excluding hydrogens is 316 g/mol. The number of hydrogen-bond acceptors (Lipinski definition) is 5. The number of carbonyl (C=O) groups is 2. The molecule has 2 fully saturated rings. The van der Waals surface area contributed by atoms with Gasteiger partial charge in [-0.15, -0.1) is 11.3 Å². The van der Waals surface area contributed by atoms with Crippen LogP contribution < -0.4 is 5.73 Å². The zero-order chi connectivity index (χ0) is 16.4. The Labute approximate surface area is 135 Å². The summed E-state index contributed by atoms with van der Waals surface area (Å²) in [6.07, 6.45) is 0.911. The molecule has 0 saturated heterocycles. The van der Waals surface area contributed by atoms with Gasteiger partial charge in [-0.2, -0.15) is 0 Å². The lowest BCUT2D eigenvalue weighted by molar-refractivity contribution is -0.145. The SMILES string of the molecule is N[C@@]1(C(=O)O)C[C@H](Cc2nc3ccccc3s2)C2C1[C@H]2C(=O)O. The van der Waals surface area contributed by atoms with E-state index in [1.807, 2.05) is 24.3 Å². The molecular formula is C16H16N2O4S. The maximum absolute atomic E-state index is 11.5. The maximum Gasteiger partial charge on any atom is 0.324 e. The van der Waals surface area contributed by atoms with E-state index in [9.17, 15) is 19.8 Å². The van der Waals surface area contributed by atoms with Crippen LogP contribution in [0.25, 0.3) is 10.2 Å². The van der Waals surface area contributed by atoms with Gasteiger partial charge in [-0.1, -0.05) is 12.1 Å². The minimum atomic E-state index is -1.42. The zero-order valence-corrected chi connectivity index (χ0v) is 13.0. The number of nitrogens with zero attached hydrogens (tertiary/aromatic N) is 1. The molecule has 23 heavy (non-hydrogen) atoms. The first-order valence-electron chi connectivity index (χ1n) is 7.51. The monoisotopic (exact) mass is 332 g/mol. The number of carboxylic acids is 2. The van der Waals surface area contributed by atoms with Crippen LogP contribution in [0.2, 0.25) is 0 Å². The molecule has 0 radical (unpaired) electrons. The van der Waals surface area contributed by atoms with Crippen LogP contribution in [0.5, 0.6) is 0 Å². The molecule has 2 aliphatic carbocycles. The van der Waals surface area contributed by atoms with Gasteiger partial charge >= 0.3 is 11.9 Å². The lowest BCUT2D eigenvalue weighted by Crippen LogP contribution is -2.50. The Bertz CT molecular complexity index is 786. The second-order valence-corrected chi connectivity index (χ2v) is 7.67. The molecule has 2 saturated carbocycles. The summed E-state index contributed by atoms with van der Waals surface area (Å²) in [7, 11) is 0. The third-order valence-corrected chi connectivity index (χ3v) is 6.33. The molecule has 0 bridgehead atoms. The fourth-order valence-electron chi connectivity index (χ4n) is 4.28. The van der Waals surface area contributed by atoms with Crippen molar-refractivity contribution < 1.29 is 19.8 Å². The molecule has 2 unspecified atom stereocenters. The summed E-state index contributed by atoms with van der Waals surface area (Å²) in [6.45, 7) is 0. The minimum absolute atomic E-state index is 0.0391. The third-order valence-electron chi connectivity index (χ3n) is 5.27. The average Bonchev–Trinajstić information content (AvgIpc) is 3.03. The van der Waals surface area contributed by atoms with Crippen molar-refractivity contribution in [2.24, 2.45) is 29.4 Å². The van der Waals surface area contributed by atoms with Gasteiger partial charge in [0.1, 0.15) is 5.54 Å². The van der Waals surface area contributed by atoms with Gasteiger partial charge in [0.15, 0.2) is 0 Å². The van der Waals surface area contributed by atoms with Crippen molar-refractivity contribution in [2.45, 2.75) is 18.4 Å². The Kier molecular flexibility index (Phi) is 3.01. The van der Waals surface area contributed by atoms with Crippen LogP contribution in [0.1, 0.15) is 11.4 Å². The summed E-state index contributed by atoms with van der Waals surface area (Å²) in [5, 5.41) is 19.7. The molecule has 6 nitrogen and oxygen atoms in total. The summed E-state index contributed by atoms with van der Waals surface area (Å²) in [5.74, 6) is -3.32. The first kappa shape index (κ1) is 14.6. The lowest BCUT2D eigenvalue weighted by Gasteiger charge is -2.24. The number of hydrogen-bond donors (Lipinski definition) is 3. The van der Waals surface area contributed by atoms with E-state index < -0.39 is 29.3 Å². The molecule has 0 amide bonds. The van der Waals surface area contributed by atoms with Gasteiger partial charge in [-0.05, 0) is 30.4 Å². The molecule has 120 valence electrons. The van der Waals surface area contributed by atoms with Crippen LogP contribution in [-0.2, 0) is 16.0 Å². The molecule has 4 rings (SSSR count). The van der Waals surface area contributed by atoms with Gasteiger partial charge in [-0.3, -0.25) is 9.59 Å². The molecule has 5 atom stereocenters. The first-order valence-corrected chi connectivity index (χ1v) is 8.33. The molecule has 4 N–H and O–H groups in total. The molecule has 2 aromatic rings. The van der Waals surface area contributed by atoms with E-state index in [4.69, 9.17) is 5.73 Å². The van der Waals surface area contributed by atoms with Crippen LogP contribution in [0, 0.1) is 23.7 Å². The standard InChI is InChI=1S/C16H16N2O4S/c17-16(15(21)22)6-7(11-12(13(11)16)14(19)20)5-10-18-8-3-1-2-4-9(8)23-10/h1-4,7,11-13H,5-6,17H2,(H,19,20)(H,21,22)/t7-,11?,12-,13?,16-/m0/s1. The van der Waals surface area contributed by atoms with Crippen LogP contribution in [0.4, 0.5) is 0 Å². The van der Waals surface area contributed by atoms with Crippen molar-refractivity contribution in [3.63, 3.8) is 0 Å². The van der Waals surface area contributed by atoms with Crippen molar-refractivity contribution in [1.29, 1.82) is 0 Å². The number of benzene rings is 1. The highest BCUT2D eigenvalue weighted by Crippen LogP contribution is 2.64. The zero-order valence-electron chi connectivity index (χ0n) is 12.2. The first-order chi connectivity index (χ1) is 10.9. The smallest absolute Gasteiger partial charge is 0.324 e. The fraction of sp³-hybridized carbons (Fsp3) is 0.438. The van der Waals surface area contributed by atoms with Crippen molar-refractivity contribution in [3.8, 4) is 0 Å². The summed E-state index contributed by atoms with van der Waals surface area (Å²) in [4.78, 5) is 27.5. The number of fused-ring (bicyclic) bond motifs is 2. The van der Waals surface area contributed by atoms with E-state index in [2.05, 4.69) is 4.98 Å². The van der Waals surface area contributed by atoms with Crippen molar-refractivity contribution in [1.82, 2.24) is 4.98 Å². The van der Waals surface area contributed by atoms with Crippen LogP contribution >= 0.6 is 11.3 Å². The summed E-state index contributed by atoms with van der Waals surface area (Å²) < 4.78 is 1.08. The van der Waals surface area contributed by atoms with Crippen LogP contribution in [0.3, 0.4) is 0 Å². The van der Waals surface area contributed by atoms with Gasteiger partial charge in [0.05, 0.1) is 21.1 Å². The van der Waals surface area contributed by atoms with Gasteiger partial charge in [0.2, 0.25) is 0 Å². The Morgan fingerprint density at radius 2 is 2.09 bits per heavy atom. The molecule has 1 heterocycles. The maximum atomic E-state index is 11.5. The highest BCUT2D eigenvalue weighted by Gasteiger charge is 2.73. The molecule has 1 aromatic heterocycles. The predicted octanol–water partition coefficient (Wildman–Crippen LogP) is 1.59. The normalized spacial score (nSPS) is 35.2. The summed E-state index contributed by atoms with van der Waals surface area (Å²) in [6, 6.07) is 7.81. The largest absolute Gasteiger partial charge is 0.481 e. The van der Waals surface area contributed by atoms with E-state index >= 15 is 0 Å². The highest BCUT2D eigenvalue weighted by atomic mass is 32.1. The van der Waals surface area contributed by atoms with Crippen LogP contribution in [0.15, 0.2) is 24.3 Å². The van der Waals surface area contributed by atoms with Gasteiger partial charge in [-0.25, -0.2) is 4.98 Å². The second-order valence-electron chi connectivity index (χ2n) is 6.56. The number of rotatable bonds is 4. The van der Waals surface area contributed by atoms with Crippen molar-refractivity contribution in [3.05, 3.63) is 29.3 Å².